The first-order valence-corrected chi connectivity index (χ1v) is 6.65. The van der Waals surface area contributed by atoms with Crippen LogP contribution in [-0.2, 0) is 4.79 Å². The third-order valence-corrected chi connectivity index (χ3v) is 2.26. The SMILES string of the molecule is CC(F)c1ccccc1OP(O)O.NCCNC=O. The van der Waals surface area contributed by atoms with Crippen molar-refractivity contribution in [2.45, 2.75) is 13.1 Å². The summed E-state index contributed by atoms with van der Waals surface area (Å²) in [7, 11) is -2.48. The molecule has 0 radical (unpaired) electrons. The van der Waals surface area contributed by atoms with Gasteiger partial charge in [-0.1, -0.05) is 18.2 Å². The predicted octanol–water partition coefficient (Wildman–Crippen LogP) is 0.998. The molecular weight excluding hydrogens is 274 g/mol. The minimum Gasteiger partial charge on any atom is -0.427 e. The van der Waals surface area contributed by atoms with Gasteiger partial charge in [-0.15, -0.1) is 0 Å². The van der Waals surface area contributed by atoms with Crippen molar-refractivity contribution in [1.82, 2.24) is 5.32 Å². The molecule has 19 heavy (non-hydrogen) atoms. The number of amides is 1. The topological polar surface area (TPSA) is 105 Å². The maximum Gasteiger partial charge on any atom is 0.391 e. The molecule has 1 aromatic rings. The van der Waals surface area contributed by atoms with Crippen LogP contribution in [0.5, 0.6) is 5.75 Å². The van der Waals surface area contributed by atoms with E-state index in [9.17, 15) is 9.18 Å². The Bertz CT molecular complexity index is 366. The zero-order chi connectivity index (χ0) is 14.7. The standard InChI is InChI=1S/C8H10FO3P.C3H8N2O/c1-6(9)7-4-2-3-5-8(7)12-13(10)11;4-1-2-5-3-6/h2-6,10-11H,1H3;3H,1-2,4H2,(H,5,6). The fourth-order valence-electron chi connectivity index (χ4n) is 1.12. The molecular formula is C11H18FN2O4P. The molecule has 0 aliphatic heterocycles. The zero-order valence-corrected chi connectivity index (χ0v) is 11.4. The second-order valence-electron chi connectivity index (χ2n) is 3.36. The molecule has 1 aromatic carbocycles. The largest absolute Gasteiger partial charge is 0.427 e. The monoisotopic (exact) mass is 292 g/mol. The van der Waals surface area contributed by atoms with Crippen molar-refractivity contribution in [3.8, 4) is 5.75 Å². The third kappa shape index (κ3) is 8.45. The Morgan fingerprint density at radius 3 is 2.58 bits per heavy atom. The Balaban J connectivity index is 0.000000459. The van der Waals surface area contributed by atoms with Crippen LogP contribution in [0.1, 0.15) is 18.7 Å². The molecule has 0 fully saturated rings. The first-order valence-electron chi connectivity index (χ1n) is 5.48. The Morgan fingerprint density at radius 1 is 1.53 bits per heavy atom. The van der Waals surface area contributed by atoms with Crippen LogP contribution in [0, 0.1) is 0 Å². The molecule has 6 nitrogen and oxygen atoms in total. The second-order valence-corrected chi connectivity index (χ2v) is 4.05. The van der Waals surface area contributed by atoms with Gasteiger partial charge in [0.1, 0.15) is 11.9 Å². The van der Waals surface area contributed by atoms with Gasteiger partial charge in [-0.05, 0) is 13.0 Å². The first-order chi connectivity index (χ1) is 9.02. The smallest absolute Gasteiger partial charge is 0.391 e. The molecule has 1 rings (SSSR count). The molecule has 0 aliphatic carbocycles. The highest BCUT2D eigenvalue weighted by Crippen LogP contribution is 2.35. The van der Waals surface area contributed by atoms with Crippen molar-refractivity contribution in [3.63, 3.8) is 0 Å². The van der Waals surface area contributed by atoms with Crippen molar-refractivity contribution in [2.24, 2.45) is 5.73 Å². The number of nitrogens with one attached hydrogen (secondary N) is 1. The van der Waals surface area contributed by atoms with Crippen LogP contribution in [0.15, 0.2) is 24.3 Å². The maximum absolute atomic E-state index is 12.9. The number of alkyl halides is 1. The fraction of sp³-hybridized carbons (Fsp3) is 0.364. The molecule has 1 atom stereocenters. The Labute approximate surface area is 112 Å². The number of hydrogen-bond acceptors (Lipinski definition) is 5. The molecule has 0 aromatic heterocycles. The molecule has 5 N–H and O–H groups in total. The average Bonchev–Trinajstić information content (AvgIpc) is 2.36. The van der Waals surface area contributed by atoms with Crippen LogP contribution in [0.3, 0.4) is 0 Å². The van der Waals surface area contributed by atoms with E-state index in [1.54, 1.807) is 18.2 Å². The minimum absolute atomic E-state index is 0.175. The number of hydrogen-bond donors (Lipinski definition) is 4. The van der Waals surface area contributed by atoms with Gasteiger partial charge in [0.2, 0.25) is 6.41 Å². The summed E-state index contributed by atoms with van der Waals surface area (Å²) in [6, 6.07) is 6.33. The lowest BCUT2D eigenvalue weighted by Gasteiger charge is -2.11. The van der Waals surface area contributed by atoms with Gasteiger partial charge in [0.25, 0.3) is 0 Å². The van der Waals surface area contributed by atoms with E-state index in [4.69, 9.17) is 15.5 Å². The van der Waals surface area contributed by atoms with E-state index in [0.29, 0.717) is 25.1 Å². The van der Waals surface area contributed by atoms with Gasteiger partial charge < -0.3 is 25.4 Å². The molecule has 0 saturated heterocycles. The summed E-state index contributed by atoms with van der Waals surface area (Å²) in [5.41, 5.74) is 5.31. The summed E-state index contributed by atoms with van der Waals surface area (Å²) in [6.07, 6.45) is -0.557. The van der Waals surface area contributed by atoms with E-state index in [2.05, 4.69) is 9.84 Å². The van der Waals surface area contributed by atoms with E-state index in [1.165, 1.54) is 13.0 Å². The number of halogens is 1. The summed E-state index contributed by atoms with van der Waals surface area (Å²) in [6.45, 7) is 2.45. The molecule has 0 aliphatic rings. The van der Waals surface area contributed by atoms with Crippen LogP contribution in [0.2, 0.25) is 0 Å². The lowest BCUT2D eigenvalue weighted by atomic mass is 10.1. The first kappa shape index (κ1) is 17.7. The van der Waals surface area contributed by atoms with Gasteiger partial charge >= 0.3 is 8.60 Å². The van der Waals surface area contributed by atoms with E-state index in [0.717, 1.165) is 0 Å². The Kier molecular flexibility index (Phi) is 9.92. The quantitative estimate of drug-likeness (QED) is 0.356. The fourth-order valence-corrected chi connectivity index (χ4v) is 1.46. The van der Waals surface area contributed by atoms with Crippen LogP contribution in [-0.4, -0.2) is 29.3 Å². The molecule has 0 saturated carbocycles. The van der Waals surface area contributed by atoms with Gasteiger partial charge in [-0.2, -0.15) is 0 Å². The summed E-state index contributed by atoms with van der Waals surface area (Å²) in [5.74, 6) is 0.175. The van der Waals surface area contributed by atoms with Crippen molar-refractivity contribution >= 4 is 15.0 Å². The van der Waals surface area contributed by atoms with Gasteiger partial charge in [0, 0.05) is 18.7 Å². The van der Waals surface area contributed by atoms with Gasteiger partial charge in [-0.25, -0.2) is 4.39 Å². The summed E-state index contributed by atoms with van der Waals surface area (Å²) in [4.78, 5) is 26.6. The van der Waals surface area contributed by atoms with Gasteiger partial charge in [0.15, 0.2) is 0 Å². The average molecular weight is 292 g/mol. The second kappa shape index (κ2) is 10.6. The predicted molar refractivity (Wildman–Crippen MR) is 71.1 cm³/mol. The van der Waals surface area contributed by atoms with Crippen molar-refractivity contribution in [3.05, 3.63) is 29.8 Å². The Morgan fingerprint density at radius 2 is 2.16 bits per heavy atom. The molecule has 0 spiro atoms. The van der Waals surface area contributed by atoms with Crippen molar-refractivity contribution in [1.29, 1.82) is 0 Å². The molecule has 0 bridgehead atoms. The summed E-state index contributed by atoms with van der Waals surface area (Å²) in [5, 5.41) is 2.39. The highest BCUT2D eigenvalue weighted by molar-refractivity contribution is 7.39. The van der Waals surface area contributed by atoms with Gasteiger partial charge in [-0.3, -0.25) is 4.79 Å². The van der Waals surface area contributed by atoms with Gasteiger partial charge in [0.05, 0.1) is 0 Å². The number of carbonyl (C=O) groups excluding carboxylic acids is 1. The minimum atomic E-state index is -2.48. The van der Waals surface area contributed by atoms with Crippen LogP contribution in [0.25, 0.3) is 0 Å². The van der Waals surface area contributed by atoms with E-state index >= 15 is 0 Å². The summed E-state index contributed by atoms with van der Waals surface area (Å²) < 4.78 is 17.6. The molecule has 1 amide bonds. The third-order valence-electron chi connectivity index (χ3n) is 1.90. The van der Waals surface area contributed by atoms with E-state index in [1.807, 2.05) is 0 Å². The van der Waals surface area contributed by atoms with Crippen molar-refractivity contribution < 1.29 is 23.5 Å². The van der Waals surface area contributed by atoms with E-state index in [-0.39, 0.29) is 5.75 Å². The highest BCUT2D eigenvalue weighted by atomic mass is 31.2. The summed E-state index contributed by atoms with van der Waals surface area (Å²) >= 11 is 0. The number of nitrogens with two attached hydrogens (primary N) is 1. The van der Waals surface area contributed by atoms with Crippen LogP contribution >= 0.6 is 8.60 Å². The molecule has 108 valence electrons. The molecule has 0 heterocycles. The molecule has 8 heteroatoms. The Hall–Kier alpha value is -1.27. The molecule has 1 unspecified atom stereocenters. The van der Waals surface area contributed by atoms with Crippen LogP contribution in [0.4, 0.5) is 4.39 Å². The normalized spacial score (nSPS) is 11.3. The lowest BCUT2D eigenvalue weighted by Crippen LogP contribution is -2.20. The number of para-hydroxylation sites is 1. The number of carbonyl (C=O) groups is 1. The lowest BCUT2D eigenvalue weighted by molar-refractivity contribution is -0.109. The number of benzene rings is 1. The zero-order valence-electron chi connectivity index (χ0n) is 10.5. The maximum atomic E-state index is 12.9. The highest BCUT2D eigenvalue weighted by Gasteiger charge is 2.12. The van der Waals surface area contributed by atoms with E-state index < -0.39 is 14.8 Å². The number of rotatable bonds is 6. The van der Waals surface area contributed by atoms with Crippen molar-refractivity contribution in [2.75, 3.05) is 13.1 Å². The van der Waals surface area contributed by atoms with Crippen LogP contribution < -0.4 is 15.6 Å².